The molecule has 1 aromatic heterocycles. The van der Waals surface area contributed by atoms with Gasteiger partial charge in [-0.3, -0.25) is 0 Å². The van der Waals surface area contributed by atoms with Crippen molar-refractivity contribution in [1.82, 2.24) is 0 Å². The fourth-order valence-electron chi connectivity index (χ4n) is 11.2. The Hall–Kier alpha value is -6.04. The zero-order chi connectivity index (χ0) is 46.1. The van der Waals surface area contributed by atoms with Crippen LogP contribution in [0.25, 0.3) is 10.1 Å². The van der Waals surface area contributed by atoms with Gasteiger partial charge in [0.15, 0.2) is 0 Å². The zero-order valence-electron chi connectivity index (χ0n) is 40.7. The van der Waals surface area contributed by atoms with Crippen LogP contribution in [0.4, 0.5) is 51.2 Å². The van der Waals surface area contributed by atoms with Crippen LogP contribution in [0.3, 0.4) is 0 Å². The van der Waals surface area contributed by atoms with Crippen molar-refractivity contribution in [3.8, 4) is 0 Å². The molecule has 8 aromatic rings. The van der Waals surface area contributed by atoms with Gasteiger partial charge in [0.2, 0.25) is 0 Å². The zero-order valence-corrected chi connectivity index (χ0v) is 41.5. The van der Waals surface area contributed by atoms with Crippen LogP contribution < -0.4 is 30.4 Å². The maximum atomic E-state index is 2.65. The van der Waals surface area contributed by atoms with E-state index in [0.717, 1.165) is 22.7 Å². The lowest BCUT2D eigenvalue weighted by Crippen LogP contribution is -2.60. The molecule has 3 aliphatic rings. The minimum absolute atomic E-state index is 0.0229. The Labute approximate surface area is 397 Å². The number of anilines is 9. The van der Waals surface area contributed by atoms with Crippen LogP contribution >= 0.6 is 11.3 Å². The van der Waals surface area contributed by atoms with Gasteiger partial charge in [-0.05, 0) is 171 Å². The van der Waals surface area contributed by atoms with Crippen LogP contribution in [0.2, 0.25) is 0 Å². The summed E-state index contributed by atoms with van der Waals surface area (Å²) in [4.78, 5) is 7.56. The molecule has 0 saturated carbocycles. The quantitative estimate of drug-likeness (QED) is 0.160. The average molecular weight is 880 g/mol. The van der Waals surface area contributed by atoms with Crippen molar-refractivity contribution in [2.45, 2.75) is 111 Å². The number of rotatable bonds is 5. The van der Waals surface area contributed by atoms with Crippen molar-refractivity contribution in [3.05, 3.63) is 179 Å². The topological polar surface area (TPSA) is 9.72 Å². The van der Waals surface area contributed by atoms with Gasteiger partial charge in [-0.1, -0.05) is 130 Å². The predicted molar refractivity (Wildman–Crippen MR) is 288 cm³/mol. The summed E-state index contributed by atoms with van der Waals surface area (Å²) in [5.41, 5.74) is 20.8. The number of para-hydroxylation sites is 2. The fourth-order valence-corrected chi connectivity index (χ4v) is 12.5. The molecule has 3 nitrogen and oxygen atoms in total. The highest BCUT2D eigenvalue weighted by molar-refractivity contribution is 7.33. The third-order valence-electron chi connectivity index (χ3n) is 15.0. The number of benzene rings is 7. The molecule has 0 fully saturated rings. The predicted octanol–water partition coefficient (Wildman–Crippen LogP) is 15.7. The Morgan fingerprint density at radius 1 is 0.530 bits per heavy atom. The first-order valence-electron chi connectivity index (χ1n) is 24.0. The monoisotopic (exact) mass is 879 g/mol. The van der Waals surface area contributed by atoms with E-state index in [1.54, 1.807) is 0 Å². The largest absolute Gasteiger partial charge is 0.311 e. The molecule has 1 aliphatic carbocycles. The minimum atomic E-state index is -0.0229. The van der Waals surface area contributed by atoms with Crippen LogP contribution in [0.5, 0.6) is 0 Å². The van der Waals surface area contributed by atoms with Crippen molar-refractivity contribution in [1.29, 1.82) is 0 Å². The van der Waals surface area contributed by atoms with E-state index in [1.807, 2.05) is 11.3 Å². The summed E-state index contributed by atoms with van der Waals surface area (Å²) in [5.74, 6) is 0. The molecule has 11 rings (SSSR count). The van der Waals surface area contributed by atoms with Crippen molar-refractivity contribution < 1.29 is 0 Å². The van der Waals surface area contributed by atoms with E-state index in [4.69, 9.17) is 0 Å². The summed E-state index contributed by atoms with van der Waals surface area (Å²) >= 11 is 2.03. The highest BCUT2D eigenvalue weighted by Gasteiger charge is 2.47. The van der Waals surface area contributed by atoms with Gasteiger partial charge < -0.3 is 14.7 Å². The number of hydrogen-bond donors (Lipinski definition) is 0. The van der Waals surface area contributed by atoms with Gasteiger partial charge in [-0.15, -0.1) is 11.3 Å². The first-order valence-corrected chi connectivity index (χ1v) is 24.8. The Kier molecular flexibility index (Phi) is 9.67. The second kappa shape index (κ2) is 15.0. The highest BCUT2D eigenvalue weighted by Crippen LogP contribution is 2.53. The first kappa shape index (κ1) is 42.6. The van der Waals surface area contributed by atoms with Crippen LogP contribution in [-0.4, -0.2) is 6.71 Å². The molecular weight excluding hydrogens is 818 g/mol. The average Bonchev–Trinajstić information content (AvgIpc) is 3.66. The molecule has 0 amide bonds. The number of hydrogen-bond acceptors (Lipinski definition) is 4. The molecule has 2 aliphatic heterocycles. The number of aryl methyl sites for hydroxylation is 1. The van der Waals surface area contributed by atoms with Crippen LogP contribution in [-0.2, 0) is 21.7 Å². The Balaban J connectivity index is 1.18. The van der Waals surface area contributed by atoms with E-state index in [9.17, 15) is 0 Å². The Morgan fingerprint density at radius 2 is 1.03 bits per heavy atom. The van der Waals surface area contributed by atoms with E-state index in [1.165, 1.54) is 94.9 Å². The number of thiophene rings is 1. The molecular formula is C61H62BN3S. The van der Waals surface area contributed by atoms with E-state index in [0.29, 0.717) is 0 Å². The highest BCUT2D eigenvalue weighted by atomic mass is 32.1. The standard InChI is InChI=1S/C61H62BN3S/c1-39-34-52-55-53(35-39)65(46-25-22-40(23-26-46)58(2,3)4)56-47-37-48-49(61(10,11)33-32-60(48,8)9)38-54(47)66-57(56)62(55)50-36-41(59(5,6)7)24-31-51(50)64(52)45-29-27-44(28-30-45)63(42-18-14-12-15-19-42)43-20-16-13-17-21-43/h12-31,34-38H,32-33H2,1-11H3. The molecule has 330 valence electrons. The molecule has 7 aromatic carbocycles. The molecule has 5 heteroatoms. The van der Waals surface area contributed by atoms with E-state index < -0.39 is 0 Å². The lowest BCUT2D eigenvalue weighted by molar-refractivity contribution is 0.332. The third kappa shape index (κ3) is 6.83. The lowest BCUT2D eigenvalue weighted by atomic mass is 9.36. The molecule has 0 spiro atoms. The van der Waals surface area contributed by atoms with Crippen molar-refractivity contribution in [2.75, 3.05) is 14.7 Å². The normalized spacial score (nSPS) is 15.8. The summed E-state index contributed by atoms with van der Waals surface area (Å²) in [6, 6.07) is 57.6. The van der Waals surface area contributed by atoms with Gasteiger partial charge >= 0.3 is 0 Å². The molecule has 0 bridgehead atoms. The maximum absolute atomic E-state index is 2.65. The van der Waals surface area contributed by atoms with Crippen LogP contribution in [0.1, 0.15) is 110 Å². The Morgan fingerprint density at radius 3 is 1.61 bits per heavy atom. The lowest BCUT2D eigenvalue weighted by Gasteiger charge is -2.44. The first-order chi connectivity index (χ1) is 31.4. The summed E-state index contributed by atoms with van der Waals surface area (Å²) in [6.07, 6.45) is 2.38. The second-order valence-electron chi connectivity index (χ2n) is 22.6. The minimum Gasteiger partial charge on any atom is -0.311 e. The summed E-state index contributed by atoms with van der Waals surface area (Å²) < 4.78 is 2.82. The molecule has 0 radical (unpaired) electrons. The Bertz CT molecular complexity index is 3130. The molecule has 0 saturated heterocycles. The molecule has 66 heavy (non-hydrogen) atoms. The molecule has 0 unspecified atom stereocenters. The number of fused-ring (bicyclic) bond motifs is 7. The number of nitrogens with zero attached hydrogens (tertiary/aromatic N) is 3. The van der Waals surface area contributed by atoms with Crippen LogP contribution in [0.15, 0.2) is 152 Å². The van der Waals surface area contributed by atoms with E-state index in [2.05, 4.69) is 243 Å². The van der Waals surface area contributed by atoms with Gasteiger partial charge in [-0.2, -0.15) is 0 Å². The summed E-state index contributed by atoms with van der Waals surface area (Å²) in [5, 5.41) is 1.38. The summed E-state index contributed by atoms with van der Waals surface area (Å²) in [7, 11) is 0. The van der Waals surface area contributed by atoms with Gasteiger partial charge in [-0.25, -0.2) is 0 Å². The smallest absolute Gasteiger partial charge is 0.264 e. The fraction of sp³-hybridized carbons (Fsp3) is 0.279. The van der Waals surface area contributed by atoms with E-state index >= 15 is 0 Å². The summed E-state index contributed by atoms with van der Waals surface area (Å²) in [6.45, 7) is 26.2. The third-order valence-corrected chi connectivity index (χ3v) is 16.2. The van der Waals surface area contributed by atoms with Gasteiger partial charge in [0.05, 0.1) is 5.69 Å². The second-order valence-corrected chi connectivity index (χ2v) is 23.7. The maximum Gasteiger partial charge on any atom is 0.264 e. The van der Waals surface area contributed by atoms with Crippen molar-refractivity contribution in [3.63, 3.8) is 0 Å². The SMILES string of the molecule is Cc1cc2c3c(c1)N(c1ccc(C(C)(C)C)cc1)c1c(sc4cc5c(cc14)C(C)(C)CCC5(C)C)B3c1cc(C(C)(C)C)ccc1N2c1ccc(N(c2ccccc2)c2ccccc2)cc1. The molecule has 3 heterocycles. The van der Waals surface area contributed by atoms with E-state index in [-0.39, 0.29) is 28.4 Å². The van der Waals surface area contributed by atoms with Crippen molar-refractivity contribution in [2.24, 2.45) is 0 Å². The van der Waals surface area contributed by atoms with Crippen LogP contribution in [0, 0.1) is 6.92 Å². The van der Waals surface area contributed by atoms with Gasteiger partial charge in [0.1, 0.15) is 0 Å². The van der Waals surface area contributed by atoms with Crippen molar-refractivity contribution >= 4 is 95.0 Å². The molecule has 0 atom stereocenters. The van der Waals surface area contributed by atoms with Gasteiger partial charge in [0, 0.05) is 60.4 Å². The molecule has 0 N–H and O–H groups in total. The van der Waals surface area contributed by atoms with Gasteiger partial charge in [0.25, 0.3) is 6.71 Å².